The highest BCUT2D eigenvalue weighted by atomic mass is 19.1. The van der Waals surface area contributed by atoms with Crippen molar-refractivity contribution in [2.75, 3.05) is 26.4 Å². The summed E-state index contributed by atoms with van der Waals surface area (Å²) in [6, 6.07) is 6.12. The molecule has 34 heavy (non-hydrogen) atoms. The van der Waals surface area contributed by atoms with Crippen LogP contribution in [0.4, 0.5) is 4.39 Å². The van der Waals surface area contributed by atoms with Crippen molar-refractivity contribution in [1.29, 1.82) is 0 Å². The summed E-state index contributed by atoms with van der Waals surface area (Å²) in [7, 11) is 0. The maximum atomic E-state index is 12.8. The Morgan fingerprint density at radius 3 is 2.53 bits per heavy atom. The first-order valence-electron chi connectivity index (χ1n) is 11.5. The molecule has 5 N–H and O–H groups in total. The van der Waals surface area contributed by atoms with Gasteiger partial charge in [0, 0.05) is 25.3 Å². The summed E-state index contributed by atoms with van der Waals surface area (Å²) in [5.74, 6) is -2.30. The SMILES string of the molecule is O=C(CNC(=O)C1Cc2ccc(cc2)OCCC[C@H](C(=O)NO)CC(=O)N1)NCCCCCF. The van der Waals surface area contributed by atoms with Crippen molar-refractivity contribution in [2.45, 2.75) is 51.0 Å². The highest BCUT2D eigenvalue weighted by molar-refractivity contribution is 5.92. The van der Waals surface area contributed by atoms with E-state index in [9.17, 15) is 23.6 Å². The molecule has 2 bridgehead atoms. The number of hydrogen-bond acceptors (Lipinski definition) is 6. The molecule has 0 spiro atoms. The molecule has 1 aromatic carbocycles. The van der Waals surface area contributed by atoms with E-state index in [4.69, 9.17) is 9.94 Å². The fraction of sp³-hybridized carbons (Fsp3) is 0.565. The number of ether oxygens (including phenoxy) is 1. The molecule has 0 fully saturated rings. The van der Waals surface area contributed by atoms with Crippen molar-refractivity contribution >= 4 is 23.6 Å². The number of nitrogens with one attached hydrogen (secondary N) is 4. The van der Waals surface area contributed by atoms with Crippen molar-refractivity contribution in [3.05, 3.63) is 29.8 Å². The van der Waals surface area contributed by atoms with E-state index in [0.717, 1.165) is 5.56 Å². The van der Waals surface area contributed by atoms with Crippen LogP contribution in [0.25, 0.3) is 0 Å². The average molecular weight is 481 g/mol. The van der Waals surface area contributed by atoms with Crippen molar-refractivity contribution < 1.29 is 33.5 Å². The van der Waals surface area contributed by atoms with Gasteiger partial charge in [-0.3, -0.25) is 28.8 Å². The Morgan fingerprint density at radius 2 is 1.82 bits per heavy atom. The first-order valence-corrected chi connectivity index (χ1v) is 11.5. The Bertz CT molecular complexity index is 820. The third-order valence-corrected chi connectivity index (χ3v) is 5.45. The summed E-state index contributed by atoms with van der Waals surface area (Å²) in [5.41, 5.74) is 2.35. The molecular weight excluding hydrogens is 447 g/mol. The van der Waals surface area contributed by atoms with Gasteiger partial charge in [-0.1, -0.05) is 12.1 Å². The summed E-state index contributed by atoms with van der Waals surface area (Å²) in [4.78, 5) is 49.4. The number of halogens is 1. The van der Waals surface area contributed by atoms with Crippen molar-refractivity contribution in [3.8, 4) is 5.75 Å². The molecule has 188 valence electrons. The number of alkyl halides is 1. The van der Waals surface area contributed by atoms with Gasteiger partial charge in [0.25, 0.3) is 0 Å². The summed E-state index contributed by atoms with van der Waals surface area (Å²) in [5, 5.41) is 16.8. The normalized spacial score (nSPS) is 18.7. The number of unbranched alkanes of at least 4 members (excludes halogenated alkanes) is 2. The van der Waals surface area contributed by atoms with Gasteiger partial charge in [0.1, 0.15) is 11.8 Å². The molecule has 2 heterocycles. The predicted octanol–water partition coefficient (Wildman–Crippen LogP) is 0.770. The molecular formula is C23H33FN4O6. The number of carbonyl (C=O) groups is 4. The maximum Gasteiger partial charge on any atom is 0.246 e. The molecule has 1 unspecified atom stereocenters. The fourth-order valence-electron chi connectivity index (χ4n) is 3.56. The van der Waals surface area contributed by atoms with Gasteiger partial charge in [-0.2, -0.15) is 0 Å². The lowest BCUT2D eigenvalue weighted by molar-refractivity contribution is -0.137. The van der Waals surface area contributed by atoms with Crippen LogP contribution in [0.1, 0.15) is 44.1 Å². The minimum atomic E-state index is -0.975. The van der Waals surface area contributed by atoms with Crippen LogP contribution >= 0.6 is 0 Å². The quantitative estimate of drug-likeness (QED) is 0.201. The van der Waals surface area contributed by atoms with Gasteiger partial charge in [-0.25, -0.2) is 5.48 Å². The van der Waals surface area contributed by atoms with Crippen LogP contribution in [0.2, 0.25) is 0 Å². The van der Waals surface area contributed by atoms with Crippen LogP contribution in [0.5, 0.6) is 5.75 Å². The van der Waals surface area contributed by atoms with E-state index in [0.29, 0.717) is 51.0 Å². The second kappa shape index (κ2) is 14.8. The van der Waals surface area contributed by atoms with Gasteiger partial charge in [-0.05, 0) is 49.8 Å². The molecule has 0 aromatic heterocycles. The van der Waals surface area contributed by atoms with Crippen LogP contribution in [-0.2, 0) is 25.6 Å². The second-order valence-electron chi connectivity index (χ2n) is 8.15. The topological polar surface area (TPSA) is 146 Å². The first kappa shape index (κ1) is 27.0. The van der Waals surface area contributed by atoms with Crippen LogP contribution in [0.3, 0.4) is 0 Å². The standard InChI is InChI=1S/C23H33FN4O6/c24-10-2-1-3-11-25-21(30)15-26-23(32)19-13-16-6-8-18(9-7-16)34-12-4-5-17(22(31)28-33)14-20(29)27-19/h6-9,17,19,33H,1-5,10-15H2,(H,25,30)(H,26,32)(H,27,29)(H,28,31)/t17-,19?/m0/s1. The van der Waals surface area contributed by atoms with E-state index in [2.05, 4.69) is 16.0 Å². The fourth-order valence-corrected chi connectivity index (χ4v) is 3.56. The lowest BCUT2D eigenvalue weighted by atomic mass is 9.97. The highest BCUT2D eigenvalue weighted by Crippen LogP contribution is 2.17. The number of hydroxylamine groups is 1. The van der Waals surface area contributed by atoms with Gasteiger partial charge in [0.15, 0.2) is 0 Å². The Hall–Kier alpha value is -3.21. The molecule has 1 aromatic rings. The molecule has 0 saturated carbocycles. The number of rotatable bonds is 9. The Kier molecular flexibility index (Phi) is 11.8. The van der Waals surface area contributed by atoms with Crippen LogP contribution in [-0.4, -0.2) is 61.2 Å². The van der Waals surface area contributed by atoms with Crippen molar-refractivity contribution in [2.24, 2.45) is 5.92 Å². The molecule has 0 saturated heterocycles. The number of carbonyl (C=O) groups excluding carboxylic acids is 4. The largest absolute Gasteiger partial charge is 0.494 e. The number of benzene rings is 1. The smallest absolute Gasteiger partial charge is 0.246 e. The zero-order valence-corrected chi connectivity index (χ0v) is 19.1. The van der Waals surface area contributed by atoms with E-state index in [-0.39, 0.29) is 25.3 Å². The predicted molar refractivity (Wildman–Crippen MR) is 121 cm³/mol. The molecule has 0 radical (unpaired) electrons. The molecule has 4 amide bonds. The van der Waals surface area contributed by atoms with Crippen LogP contribution < -0.4 is 26.2 Å². The maximum absolute atomic E-state index is 12.8. The number of hydrogen-bond donors (Lipinski definition) is 5. The van der Waals surface area contributed by atoms with E-state index in [1.807, 2.05) is 0 Å². The molecule has 2 aliphatic rings. The molecule has 2 aliphatic heterocycles. The van der Waals surface area contributed by atoms with Gasteiger partial charge in [-0.15, -0.1) is 0 Å². The van der Waals surface area contributed by atoms with Gasteiger partial charge in [0.05, 0.1) is 19.8 Å². The average Bonchev–Trinajstić information content (AvgIpc) is 2.84. The van der Waals surface area contributed by atoms with E-state index in [1.165, 1.54) is 0 Å². The third-order valence-electron chi connectivity index (χ3n) is 5.45. The summed E-state index contributed by atoms with van der Waals surface area (Å²) in [6.45, 7) is 0.0750. The zero-order chi connectivity index (χ0) is 24.8. The molecule has 10 nitrogen and oxygen atoms in total. The highest BCUT2D eigenvalue weighted by Gasteiger charge is 2.26. The molecule has 3 rings (SSSR count). The van der Waals surface area contributed by atoms with Crippen LogP contribution in [0, 0.1) is 5.92 Å². The minimum absolute atomic E-state index is 0.166. The van der Waals surface area contributed by atoms with Crippen molar-refractivity contribution in [3.63, 3.8) is 0 Å². The molecule has 2 atom stereocenters. The minimum Gasteiger partial charge on any atom is -0.494 e. The van der Waals surface area contributed by atoms with Gasteiger partial charge in [0.2, 0.25) is 23.6 Å². The summed E-state index contributed by atoms with van der Waals surface area (Å²) in [6.07, 6.45) is 2.50. The Labute approximate surface area is 198 Å². The lowest BCUT2D eigenvalue weighted by Crippen LogP contribution is -2.50. The first-order chi connectivity index (χ1) is 16.4. The van der Waals surface area contributed by atoms with Gasteiger partial charge >= 0.3 is 0 Å². The summed E-state index contributed by atoms with van der Waals surface area (Å²) >= 11 is 0. The van der Waals surface area contributed by atoms with Crippen LogP contribution in [0.15, 0.2) is 24.3 Å². The van der Waals surface area contributed by atoms with E-state index < -0.39 is 36.4 Å². The van der Waals surface area contributed by atoms with Gasteiger partial charge < -0.3 is 20.7 Å². The molecule has 11 heteroatoms. The summed E-state index contributed by atoms with van der Waals surface area (Å²) < 4.78 is 17.7. The zero-order valence-electron chi connectivity index (χ0n) is 19.1. The van der Waals surface area contributed by atoms with E-state index in [1.54, 1.807) is 29.7 Å². The van der Waals surface area contributed by atoms with E-state index >= 15 is 0 Å². The molecule has 0 aliphatic carbocycles. The second-order valence-corrected chi connectivity index (χ2v) is 8.15. The lowest BCUT2D eigenvalue weighted by Gasteiger charge is -2.21. The Morgan fingerprint density at radius 1 is 1.06 bits per heavy atom. The third kappa shape index (κ3) is 9.74. The number of fused-ring (bicyclic) bond motifs is 11. The van der Waals surface area contributed by atoms with Crippen molar-refractivity contribution in [1.82, 2.24) is 21.4 Å². The number of amides is 4. The monoisotopic (exact) mass is 480 g/mol. The Balaban J connectivity index is 2.02.